The topological polar surface area (TPSA) is 161 Å². The maximum absolute atomic E-state index is 13.7. The maximum atomic E-state index is 13.7. The van der Waals surface area contributed by atoms with Crippen molar-refractivity contribution in [1.29, 1.82) is 0 Å². The molecule has 1 aliphatic heterocycles. The number of ether oxygens (including phenoxy) is 4. The number of phenolic OH excluding ortho intramolecular Hbond substituents is 1. The summed E-state index contributed by atoms with van der Waals surface area (Å²) in [5.74, 6) is 0.777. The molecule has 5 aromatic rings. The van der Waals surface area contributed by atoms with Crippen LogP contribution in [-0.4, -0.2) is 81.1 Å². The molecule has 3 atom stereocenters. The number of nitrogens with one attached hydrogen (secondary N) is 2. The smallest absolute Gasteiger partial charge is 0.415 e. The monoisotopic (exact) mass is 914 g/mol. The first kappa shape index (κ1) is 47.7. The SMILES string of the molecule is CCc1c(Cl)cc(NC(=O)C(CC)Oc2ccc(C)cc2C)c(O)c1Cl.[C-]#[N+]c1c(C(=O)OC2C(C)CC(C)CC2C)c2nc(-c3ccc(C)cc3)[nH]n2c1OC(=O)N1CCOCC1. The summed E-state index contributed by atoms with van der Waals surface area (Å²) in [6, 6.07) is 15.0. The van der Waals surface area contributed by atoms with Gasteiger partial charge in [-0.2, -0.15) is 0 Å². The number of aromatic hydroxyl groups is 1. The number of benzene rings is 3. The molecule has 1 saturated carbocycles. The molecule has 2 aliphatic rings. The Balaban J connectivity index is 0.000000229. The molecule has 3 N–H and O–H groups in total. The first-order valence-electron chi connectivity index (χ1n) is 21.6. The number of phenols is 1. The fourth-order valence-corrected chi connectivity index (χ4v) is 9.11. The fourth-order valence-electron chi connectivity index (χ4n) is 8.39. The Hall–Kier alpha value is -5.75. The lowest BCUT2D eigenvalue weighted by atomic mass is 9.75. The van der Waals surface area contributed by atoms with Gasteiger partial charge in [-0.15, -0.1) is 0 Å². The Kier molecular flexibility index (Phi) is 15.5. The molecule has 3 aromatic carbocycles. The summed E-state index contributed by atoms with van der Waals surface area (Å²) in [5, 5.41) is 16.6. The molecular weight excluding hydrogens is 859 g/mol. The van der Waals surface area contributed by atoms with Crippen LogP contribution in [0.1, 0.15) is 86.5 Å². The van der Waals surface area contributed by atoms with Crippen LogP contribution in [0.2, 0.25) is 10.0 Å². The van der Waals surface area contributed by atoms with Crippen LogP contribution in [0.25, 0.3) is 21.9 Å². The second kappa shape index (κ2) is 20.8. The number of halogens is 2. The van der Waals surface area contributed by atoms with Crippen LogP contribution in [0.5, 0.6) is 17.4 Å². The minimum atomic E-state index is -0.709. The number of carbonyl (C=O) groups is 3. The van der Waals surface area contributed by atoms with Crippen LogP contribution < -0.4 is 14.8 Å². The average Bonchev–Trinajstić information content (AvgIpc) is 3.82. The molecule has 64 heavy (non-hydrogen) atoms. The van der Waals surface area contributed by atoms with Crippen molar-refractivity contribution in [3.05, 3.63) is 97.8 Å². The van der Waals surface area contributed by atoms with Crippen molar-refractivity contribution in [2.45, 2.75) is 93.3 Å². The van der Waals surface area contributed by atoms with Crippen molar-refractivity contribution in [2.75, 3.05) is 31.6 Å². The van der Waals surface area contributed by atoms with E-state index in [1.54, 1.807) is 0 Å². The molecule has 0 bridgehead atoms. The number of hydrogen-bond acceptors (Lipinski definition) is 9. The van der Waals surface area contributed by atoms with E-state index in [4.69, 9.17) is 48.7 Å². The largest absolute Gasteiger partial charge is 0.504 e. The highest BCUT2D eigenvalue weighted by atomic mass is 35.5. The summed E-state index contributed by atoms with van der Waals surface area (Å²) < 4.78 is 24.4. The number of morpholine rings is 1. The van der Waals surface area contributed by atoms with Gasteiger partial charge in [0.1, 0.15) is 17.4 Å². The van der Waals surface area contributed by atoms with Crippen molar-refractivity contribution >= 4 is 58.2 Å². The number of aromatic nitrogens is 3. The number of hydrogen-bond donors (Lipinski definition) is 3. The number of aryl methyl sites for hydroxylation is 3. The zero-order valence-corrected chi connectivity index (χ0v) is 39.0. The van der Waals surface area contributed by atoms with Gasteiger partial charge < -0.3 is 34.3 Å². The molecule has 2 aromatic heterocycles. The lowest BCUT2D eigenvalue weighted by Crippen LogP contribution is -2.42. The van der Waals surface area contributed by atoms with E-state index in [9.17, 15) is 19.5 Å². The normalized spacial score (nSPS) is 18.9. The van der Waals surface area contributed by atoms with Gasteiger partial charge in [0.15, 0.2) is 23.3 Å². The minimum Gasteiger partial charge on any atom is -0.504 e. The van der Waals surface area contributed by atoms with E-state index in [-0.39, 0.29) is 63.1 Å². The third kappa shape index (κ3) is 10.6. The molecular formula is C48H56Cl2N6O8. The van der Waals surface area contributed by atoms with Gasteiger partial charge in [0.05, 0.1) is 30.5 Å². The van der Waals surface area contributed by atoms with Crippen LogP contribution in [0.15, 0.2) is 48.5 Å². The standard InChI is InChI=1S/C28H33N5O5.C20H23Cl2NO3/c1-16-6-8-20(9-7-16)24-30-25-21(27(34)37-23-18(3)14-17(2)15-19(23)4)22(29-5)26(33(25)31-24)38-28(35)32-10-12-36-13-11-32;1-5-13-14(21)10-15(19(24)18(13)22)23-20(25)16(6-2)26-17-8-7-11(3)9-12(17)4/h6-9,17-19,23H,10-15H2,1-4H3,(H,30,31);7-10,16,24H,5-6H2,1-4H3,(H,23,25). The second-order valence-corrected chi connectivity index (χ2v) is 17.6. The molecule has 1 aliphatic carbocycles. The van der Waals surface area contributed by atoms with Crippen LogP contribution >= 0.6 is 23.2 Å². The van der Waals surface area contributed by atoms with Gasteiger partial charge >= 0.3 is 12.1 Å². The Labute approximate surface area is 383 Å². The predicted molar refractivity (Wildman–Crippen MR) is 247 cm³/mol. The number of H-pyrrole nitrogens is 1. The fraction of sp³-hybridized carbons (Fsp3) is 0.438. The lowest BCUT2D eigenvalue weighted by Gasteiger charge is -2.37. The van der Waals surface area contributed by atoms with Gasteiger partial charge in [-0.25, -0.2) is 23.9 Å². The predicted octanol–water partition coefficient (Wildman–Crippen LogP) is 10.9. The van der Waals surface area contributed by atoms with Gasteiger partial charge in [-0.1, -0.05) is 105 Å². The van der Waals surface area contributed by atoms with Crippen LogP contribution in [0.3, 0.4) is 0 Å². The molecule has 2 amide bonds. The maximum Gasteiger partial charge on any atom is 0.415 e. The number of esters is 1. The van der Waals surface area contributed by atoms with Gasteiger partial charge in [0.2, 0.25) is 5.88 Å². The van der Waals surface area contributed by atoms with Crippen molar-refractivity contribution in [3.63, 3.8) is 0 Å². The summed E-state index contributed by atoms with van der Waals surface area (Å²) >= 11 is 12.3. The van der Waals surface area contributed by atoms with Gasteiger partial charge in [-0.05, 0) is 87.5 Å². The van der Waals surface area contributed by atoms with Gasteiger partial charge in [0, 0.05) is 23.7 Å². The Morgan fingerprint density at radius 1 is 1.00 bits per heavy atom. The van der Waals surface area contributed by atoms with Crippen molar-refractivity contribution in [3.8, 4) is 28.8 Å². The average molecular weight is 916 g/mol. The molecule has 16 heteroatoms. The highest BCUT2D eigenvalue weighted by Crippen LogP contribution is 2.42. The number of rotatable bonds is 10. The second-order valence-electron chi connectivity index (χ2n) is 16.8. The van der Waals surface area contributed by atoms with Crippen molar-refractivity contribution in [1.82, 2.24) is 19.5 Å². The Morgan fingerprint density at radius 3 is 2.27 bits per heavy atom. The van der Waals surface area contributed by atoms with Crippen LogP contribution in [0.4, 0.5) is 16.2 Å². The molecule has 0 spiro atoms. The number of amides is 2. The summed E-state index contributed by atoms with van der Waals surface area (Å²) in [5.41, 5.74) is 4.86. The third-order valence-electron chi connectivity index (χ3n) is 11.7. The number of fused-ring (bicyclic) bond motifs is 1. The first-order valence-corrected chi connectivity index (χ1v) is 22.4. The van der Waals surface area contributed by atoms with Crippen molar-refractivity contribution < 1.29 is 38.4 Å². The van der Waals surface area contributed by atoms with E-state index in [0.717, 1.165) is 35.1 Å². The van der Waals surface area contributed by atoms with E-state index in [1.807, 2.05) is 77.1 Å². The summed E-state index contributed by atoms with van der Waals surface area (Å²) in [4.78, 5) is 49.1. The van der Waals surface area contributed by atoms with Crippen molar-refractivity contribution in [2.24, 2.45) is 17.8 Å². The Morgan fingerprint density at radius 2 is 1.66 bits per heavy atom. The summed E-state index contributed by atoms with van der Waals surface area (Å²) in [6.45, 7) is 25.5. The van der Waals surface area contributed by atoms with E-state index >= 15 is 0 Å². The highest BCUT2D eigenvalue weighted by Gasteiger charge is 2.38. The number of nitrogens with zero attached hydrogens (tertiary/aromatic N) is 4. The first-order chi connectivity index (χ1) is 30.5. The molecule has 2 fully saturated rings. The summed E-state index contributed by atoms with van der Waals surface area (Å²) in [7, 11) is 0. The summed E-state index contributed by atoms with van der Waals surface area (Å²) in [6.07, 6.45) is 1.37. The number of carbonyl (C=O) groups excluding carboxylic acids is 3. The van der Waals surface area contributed by atoms with E-state index in [2.05, 4.69) is 41.0 Å². The number of anilines is 1. The molecule has 14 nitrogen and oxygen atoms in total. The molecule has 1 saturated heterocycles. The molecule has 3 heterocycles. The van der Waals surface area contributed by atoms with Gasteiger partial charge in [0.25, 0.3) is 11.6 Å². The quantitative estimate of drug-likeness (QED) is 0.0703. The zero-order chi connectivity index (χ0) is 46.4. The van der Waals surface area contributed by atoms with E-state index < -0.39 is 18.2 Å². The van der Waals surface area contributed by atoms with E-state index in [1.165, 1.54) is 15.5 Å². The number of aromatic amines is 1. The lowest BCUT2D eigenvalue weighted by molar-refractivity contribution is -0.122. The van der Waals surface area contributed by atoms with Gasteiger partial charge in [-0.3, -0.25) is 9.89 Å². The Bertz CT molecular complexity index is 2530. The molecule has 340 valence electrons. The molecule has 7 rings (SSSR count). The molecule has 3 unspecified atom stereocenters. The minimum absolute atomic E-state index is 0.00240. The van der Waals surface area contributed by atoms with E-state index in [0.29, 0.717) is 67.2 Å². The highest BCUT2D eigenvalue weighted by molar-refractivity contribution is 6.37. The zero-order valence-electron chi connectivity index (χ0n) is 37.5. The van der Waals surface area contributed by atoms with Crippen LogP contribution in [-0.2, 0) is 20.7 Å². The third-order valence-corrected chi connectivity index (χ3v) is 12.4. The molecule has 0 radical (unpaired) electrons. The van der Waals surface area contributed by atoms with Crippen LogP contribution in [0, 0.1) is 45.1 Å².